The number of para-hydroxylation sites is 1. The predicted octanol–water partition coefficient (Wildman–Crippen LogP) is 4.07. The van der Waals surface area contributed by atoms with Gasteiger partial charge in [-0.25, -0.2) is 9.02 Å². The summed E-state index contributed by atoms with van der Waals surface area (Å²) < 4.78 is 29.4. The maximum absolute atomic E-state index is 13.7. The molecule has 1 N–H and O–H groups in total. The summed E-state index contributed by atoms with van der Waals surface area (Å²) >= 11 is 0. The van der Waals surface area contributed by atoms with Crippen LogP contribution in [0.4, 0.5) is 10.2 Å². The monoisotopic (exact) mass is 385 g/mol. The molecule has 0 saturated carbocycles. The lowest BCUT2D eigenvalue weighted by Gasteiger charge is -2.14. The van der Waals surface area contributed by atoms with E-state index < -0.39 is 17.8 Å². The van der Waals surface area contributed by atoms with Gasteiger partial charge in [0.25, 0.3) is 5.91 Å². The Labute approximate surface area is 161 Å². The maximum Gasteiger partial charge on any atom is 0.266 e. The highest BCUT2D eigenvalue weighted by molar-refractivity contribution is 5.95. The van der Waals surface area contributed by atoms with E-state index in [-0.39, 0.29) is 17.7 Å². The third kappa shape index (κ3) is 4.64. The SMILES string of the molecule is CC(C)Oc1ccc(-c2nonc2NC(=O)[C@H](C)Oc2ccccc2F)cc1. The average Bonchev–Trinajstić information content (AvgIpc) is 3.11. The van der Waals surface area contributed by atoms with Gasteiger partial charge in [-0.1, -0.05) is 12.1 Å². The molecule has 1 heterocycles. The van der Waals surface area contributed by atoms with Crippen molar-refractivity contribution >= 4 is 11.7 Å². The molecule has 0 saturated heterocycles. The Morgan fingerprint density at radius 1 is 1.04 bits per heavy atom. The first-order chi connectivity index (χ1) is 13.4. The van der Waals surface area contributed by atoms with Crippen LogP contribution in [0.2, 0.25) is 0 Å². The molecule has 1 atom stereocenters. The molecule has 0 aliphatic heterocycles. The molecule has 2 aromatic carbocycles. The van der Waals surface area contributed by atoms with Crippen LogP contribution >= 0.6 is 0 Å². The van der Waals surface area contributed by atoms with Crippen molar-refractivity contribution in [1.29, 1.82) is 0 Å². The summed E-state index contributed by atoms with van der Waals surface area (Å²) in [7, 11) is 0. The summed E-state index contributed by atoms with van der Waals surface area (Å²) in [6.45, 7) is 5.38. The Bertz CT molecular complexity index is 941. The average molecular weight is 385 g/mol. The van der Waals surface area contributed by atoms with Crippen molar-refractivity contribution in [3.8, 4) is 22.8 Å². The smallest absolute Gasteiger partial charge is 0.266 e. The number of halogens is 1. The van der Waals surface area contributed by atoms with Crippen LogP contribution in [0.15, 0.2) is 53.2 Å². The second kappa shape index (κ2) is 8.51. The summed E-state index contributed by atoms with van der Waals surface area (Å²) in [4.78, 5) is 12.4. The van der Waals surface area contributed by atoms with Crippen LogP contribution in [-0.4, -0.2) is 28.4 Å². The van der Waals surface area contributed by atoms with Gasteiger partial charge in [0.05, 0.1) is 6.10 Å². The van der Waals surface area contributed by atoms with Crippen molar-refractivity contribution in [1.82, 2.24) is 10.3 Å². The second-order valence-corrected chi connectivity index (χ2v) is 6.33. The van der Waals surface area contributed by atoms with E-state index >= 15 is 0 Å². The highest BCUT2D eigenvalue weighted by Gasteiger charge is 2.21. The van der Waals surface area contributed by atoms with Crippen LogP contribution in [0, 0.1) is 5.82 Å². The zero-order chi connectivity index (χ0) is 20.1. The number of hydrogen-bond acceptors (Lipinski definition) is 6. The normalized spacial score (nSPS) is 11.9. The van der Waals surface area contributed by atoms with E-state index in [1.807, 2.05) is 13.8 Å². The number of rotatable bonds is 7. The molecule has 0 fully saturated rings. The van der Waals surface area contributed by atoms with Gasteiger partial charge in [0.2, 0.25) is 5.82 Å². The van der Waals surface area contributed by atoms with Gasteiger partial charge >= 0.3 is 0 Å². The molecule has 1 aromatic heterocycles. The number of nitrogens with one attached hydrogen (secondary N) is 1. The van der Waals surface area contributed by atoms with Crippen molar-refractivity contribution in [3.63, 3.8) is 0 Å². The zero-order valence-electron chi connectivity index (χ0n) is 15.7. The van der Waals surface area contributed by atoms with Crippen molar-refractivity contribution in [2.24, 2.45) is 0 Å². The van der Waals surface area contributed by atoms with Crippen LogP contribution in [0.5, 0.6) is 11.5 Å². The van der Waals surface area contributed by atoms with Crippen molar-refractivity contribution in [3.05, 3.63) is 54.3 Å². The lowest BCUT2D eigenvalue weighted by molar-refractivity contribution is -0.122. The molecule has 146 valence electrons. The lowest BCUT2D eigenvalue weighted by atomic mass is 10.1. The number of aromatic nitrogens is 2. The fraction of sp³-hybridized carbons (Fsp3) is 0.250. The van der Waals surface area contributed by atoms with Crippen LogP contribution < -0.4 is 14.8 Å². The number of carbonyl (C=O) groups is 1. The molecule has 0 aliphatic carbocycles. The third-order valence-electron chi connectivity index (χ3n) is 3.74. The van der Waals surface area contributed by atoms with Gasteiger partial charge in [-0.3, -0.25) is 4.79 Å². The molecule has 0 unspecified atom stereocenters. The van der Waals surface area contributed by atoms with E-state index in [9.17, 15) is 9.18 Å². The summed E-state index contributed by atoms with van der Waals surface area (Å²) in [5.41, 5.74) is 1.05. The minimum Gasteiger partial charge on any atom is -0.491 e. The maximum atomic E-state index is 13.7. The van der Waals surface area contributed by atoms with Crippen molar-refractivity contribution < 1.29 is 23.3 Å². The van der Waals surface area contributed by atoms with E-state index in [1.54, 1.807) is 30.3 Å². The van der Waals surface area contributed by atoms with Gasteiger partial charge < -0.3 is 14.8 Å². The molecule has 1 amide bonds. The van der Waals surface area contributed by atoms with Crippen molar-refractivity contribution in [2.45, 2.75) is 33.0 Å². The Kier molecular flexibility index (Phi) is 5.88. The standard InChI is InChI=1S/C20H20FN3O4/c1-12(2)26-15-10-8-14(9-11-15)18-19(24-28-23-18)22-20(25)13(3)27-17-7-5-4-6-16(17)21/h4-13H,1-3H3,(H,22,24,25)/t13-/m0/s1. The molecule has 28 heavy (non-hydrogen) atoms. The summed E-state index contributed by atoms with van der Waals surface area (Å²) in [6.07, 6.45) is -0.895. The predicted molar refractivity (Wildman–Crippen MR) is 101 cm³/mol. The first kappa shape index (κ1) is 19.3. The molecule has 3 rings (SSSR count). The quantitative estimate of drug-likeness (QED) is 0.660. The van der Waals surface area contributed by atoms with E-state index in [4.69, 9.17) is 14.1 Å². The molecule has 7 nitrogen and oxygen atoms in total. The first-order valence-electron chi connectivity index (χ1n) is 8.75. The Balaban J connectivity index is 1.69. The van der Waals surface area contributed by atoms with Gasteiger partial charge in [0, 0.05) is 5.56 Å². The number of anilines is 1. The minimum atomic E-state index is -0.955. The molecule has 0 aliphatic rings. The Hall–Kier alpha value is -3.42. The van der Waals surface area contributed by atoms with Crippen molar-refractivity contribution in [2.75, 3.05) is 5.32 Å². The topological polar surface area (TPSA) is 86.5 Å². The number of benzene rings is 2. The van der Waals surface area contributed by atoms with Crippen LogP contribution in [0.1, 0.15) is 20.8 Å². The van der Waals surface area contributed by atoms with E-state index in [2.05, 4.69) is 15.6 Å². The third-order valence-corrected chi connectivity index (χ3v) is 3.74. The van der Waals surface area contributed by atoms with Gasteiger partial charge in [-0.05, 0) is 67.5 Å². The van der Waals surface area contributed by atoms with E-state index in [1.165, 1.54) is 25.1 Å². The molecule has 8 heteroatoms. The van der Waals surface area contributed by atoms with Gasteiger partial charge in [0.1, 0.15) is 5.75 Å². The number of carbonyl (C=O) groups excluding carboxylic acids is 1. The molecular weight excluding hydrogens is 365 g/mol. The first-order valence-corrected chi connectivity index (χ1v) is 8.75. The van der Waals surface area contributed by atoms with E-state index in [0.717, 1.165) is 0 Å². The van der Waals surface area contributed by atoms with E-state index in [0.29, 0.717) is 17.0 Å². The van der Waals surface area contributed by atoms with Gasteiger partial charge in [-0.15, -0.1) is 0 Å². The number of ether oxygens (including phenoxy) is 2. The zero-order valence-corrected chi connectivity index (χ0v) is 15.7. The van der Waals surface area contributed by atoms with Crippen LogP contribution in [-0.2, 0) is 4.79 Å². The van der Waals surface area contributed by atoms with Gasteiger partial charge in [-0.2, -0.15) is 0 Å². The highest BCUT2D eigenvalue weighted by atomic mass is 19.1. The minimum absolute atomic E-state index is 0.00982. The molecule has 0 spiro atoms. The molecule has 3 aromatic rings. The second-order valence-electron chi connectivity index (χ2n) is 6.33. The summed E-state index contributed by atoms with van der Waals surface area (Å²) in [6, 6.07) is 13.0. The number of nitrogens with zero attached hydrogens (tertiary/aromatic N) is 2. The fourth-order valence-corrected chi connectivity index (χ4v) is 2.43. The highest BCUT2D eigenvalue weighted by Crippen LogP contribution is 2.27. The summed E-state index contributed by atoms with van der Waals surface area (Å²) in [5.74, 6) is -0.210. The Morgan fingerprint density at radius 3 is 2.43 bits per heavy atom. The van der Waals surface area contributed by atoms with Crippen LogP contribution in [0.25, 0.3) is 11.3 Å². The Morgan fingerprint density at radius 2 is 1.75 bits per heavy atom. The largest absolute Gasteiger partial charge is 0.491 e. The molecule has 0 radical (unpaired) electrons. The number of hydrogen-bond donors (Lipinski definition) is 1. The fourth-order valence-electron chi connectivity index (χ4n) is 2.43. The lowest BCUT2D eigenvalue weighted by Crippen LogP contribution is -2.30. The number of amides is 1. The molecular formula is C20H20FN3O4. The van der Waals surface area contributed by atoms with Gasteiger partial charge in [0.15, 0.2) is 23.4 Å². The molecule has 0 bridgehead atoms. The van der Waals surface area contributed by atoms with Crippen LogP contribution in [0.3, 0.4) is 0 Å². The summed E-state index contributed by atoms with van der Waals surface area (Å²) in [5, 5.41) is 10.2.